The number of hydrogen-bond acceptors (Lipinski definition) is 16. The van der Waals surface area contributed by atoms with Crippen molar-refractivity contribution in [1.82, 2.24) is 22.4 Å². The minimum Gasteiger partial charge on any atom is -0.489 e. The van der Waals surface area contributed by atoms with Crippen molar-refractivity contribution in [2.75, 3.05) is 19.8 Å². The molecule has 0 aliphatic carbocycles. The monoisotopic (exact) mass is 2130 g/mol. The Morgan fingerprint density at radius 3 is 0.810 bits per heavy atom. The molecule has 0 fully saturated rings. The third kappa shape index (κ3) is 31.2. The van der Waals surface area contributed by atoms with Gasteiger partial charge in [0.2, 0.25) is 0 Å². The van der Waals surface area contributed by atoms with E-state index in [4.69, 9.17) is 27.0 Å². The van der Waals surface area contributed by atoms with Crippen LogP contribution in [0, 0.1) is 0 Å². The second-order valence-corrected chi connectivity index (χ2v) is 50.6. The molecule has 17 heteroatoms. The average molecular weight is 2130 g/mol. The summed E-state index contributed by atoms with van der Waals surface area (Å²) in [6.45, 7) is 17.8. The lowest BCUT2D eigenvalue weighted by Crippen LogP contribution is -2.30. The van der Waals surface area contributed by atoms with Gasteiger partial charge in [-0.15, -0.1) is 68.0 Å². The quantitative estimate of drug-likeness (QED) is 0.0274. The van der Waals surface area contributed by atoms with Gasteiger partial charge in [0.25, 0.3) is 11.8 Å². The molecule has 0 N–H and O–H groups in total. The fraction of sp³-hybridized carbons (Fsp3) is 0.585. The second-order valence-electron chi connectivity index (χ2n) is 43.1. The minimum absolute atomic E-state index is 0.197. The van der Waals surface area contributed by atoms with Crippen molar-refractivity contribution in [2.24, 2.45) is 0 Å². The maximum absolute atomic E-state index is 16.3. The predicted molar refractivity (Wildman–Crippen MR) is 651 cm³/mol. The standard InChI is InChI=1S/C130H177N5O4S8/c1-8-15-22-29-36-41-46-51-56-69-80-97-101-91-109(95-76-65-63-66-77-95)142-125(101)98(81-70-57-52-47-42-37-30-23-16-9-2)102-92-110(143-126(97)102)105-84-86-107(140-105)114-117-118(130(137)135(129(117)136)88-73-60-55-50-45-40-33-26-19-12-5)115(121-120(114)132-147-133-121)108-87-85-106(141-108)111-93-103-99(82-71-58-53-48-43-38-31-24-17-10-3)128-104(100(127(103)144-111)83-72-59-54-49-44-39-32-25-18-11-4)94-112(145-128)116-122-119(131-146-134-122)113(96-78-67-64-68-79-96)123(138-89-74-61-34-27-20-13-6)124(116)139-90-75-62-35-28-21-14-7/h63-68,76-79,84-87,91-94H,8-62,69-75,80-83,88-90H2,1-7H3. The fourth-order valence-corrected chi connectivity index (χ4v) is 31.5. The first-order chi connectivity index (χ1) is 72.7. The van der Waals surface area contributed by atoms with E-state index in [-0.39, 0.29) is 11.8 Å². The van der Waals surface area contributed by atoms with Crippen molar-refractivity contribution >= 4 is 166 Å². The number of hydrogen-bond donors (Lipinski definition) is 0. The van der Waals surface area contributed by atoms with E-state index in [0.717, 1.165) is 148 Å². The summed E-state index contributed by atoms with van der Waals surface area (Å²) >= 11 is 14.0. The Kier molecular flexibility index (Phi) is 48.8. The number of rotatable bonds is 78. The van der Waals surface area contributed by atoms with Crippen molar-refractivity contribution < 1.29 is 19.1 Å². The van der Waals surface area contributed by atoms with E-state index in [1.807, 2.05) is 45.3 Å². The summed E-state index contributed by atoms with van der Waals surface area (Å²) in [4.78, 5) is 43.5. The predicted octanol–water partition coefficient (Wildman–Crippen LogP) is 45.2. The molecule has 9 nitrogen and oxygen atoms in total. The van der Waals surface area contributed by atoms with E-state index >= 15 is 9.59 Å². The van der Waals surface area contributed by atoms with Crippen LogP contribution in [0.25, 0.3) is 135 Å². The van der Waals surface area contributed by atoms with Crippen molar-refractivity contribution in [2.45, 2.75) is 472 Å². The van der Waals surface area contributed by atoms with Crippen LogP contribution in [-0.2, 0) is 25.7 Å². The smallest absolute Gasteiger partial charge is 0.262 e. The number of unbranched alkanes of at least 4 members (excludes halogenated alkanes) is 55. The number of carbonyl (C=O) groups excluding carboxylic acids is 2. The van der Waals surface area contributed by atoms with E-state index in [2.05, 4.69) is 158 Å². The zero-order valence-electron chi connectivity index (χ0n) is 91.3. The summed E-state index contributed by atoms with van der Waals surface area (Å²) in [6.07, 6.45) is 81.8. The number of carbonyl (C=O) groups is 2. The third-order valence-electron chi connectivity index (χ3n) is 31.5. The highest BCUT2D eigenvalue weighted by atomic mass is 32.1. The van der Waals surface area contributed by atoms with Crippen LogP contribution >= 0.6 is 91.5 Å². The van der Waals surface area contributed by atoms with E-state index < -0.39 is 0 Å². The first kappa shape index (κ1) is 114. The molecule has 9 heterocycles. The van der Waals surface area contributed by atoms with Gasteiger partial charge in [-0.05, 0) is 174 Å². The molecule has 0 spiro atoms. The molecule has 6 aromatic carbocycles. The van der Waals surface area contributed by atoms with Crippen molar-refractivity contribution in [1.29, 1.82) is 0 Å². The number of thiophene rings is 6. The lowest BCUT2D eigenvalue weighted by Gasteiger charge is -2.20. The highest BCUT2D eigenvalue weighted by Gasteiger charge is 2.44. The van der Waals surface area contributed by atoms with Crippen molar-refractivity contribution in [3.8, 4) is 83.9 Å². The Morgan fingerprint density at radius 1 is 0.224 bits per heavy atom. The molecule has 0 saturated heterocycles. The average Bonchev–Trinajstić information content (AvgIpc) is 1.54. The minimum atomic E-state index is -0.199. The topological polar surface area (TPSA) is 107 Å². The Bertz CT molecular complexity index is 6110. The molecule has 1 aliphatic heterocycles. The summed E-state index contributed by atoms with van der Waals surface area (Å²) in [6, 6.07) is 41.4. The highest BCUT2D eigenvalue weighted by Crippen LogP contribution is 2.58. The first-order valence-corrected chi connectivity index (χ1v) is 66.2. The van der Waals surface area contributed by atoms with Crippen LogP contribution in [0.1, 0.15) is 490 Å². The number of benzene rings is 6. The molecular weight excluding hydrogens is 1950 g/mol. The Labute approximate surface area is 917 Å². The molecule has 8 aromatic heterocycles. The number of aromatic nitrogens is 4. The molecule has 1 aliphatic rings. The first-order valence-electron chi connectivity index (χ1n) is 59.8. The van der Waals surface area contributed by atoms with Crippen LogP contribution in [-0.4, -0.2) is 54.0 Å². The zero-order chi connectivity index (χ0) is 102. The largest absolute Gasteiger partial charge is 0.489 e. The number of imide groups is 1. The van der Waals surface area contributed by atoms with E-state index in [1.54, 1.807) is 27.6 Å². The lowest BCUT2D eigenvalue weighted by molar-refractivity contribution is 0.0651. The van der Waals surface area contributed by atoms with Gasteiger partial charge in [0, 0.05) is 75.5 Å². The molecule has 0 bridgehead atoms. The van der Waals surface area contributed by atoms with Gasteiger partial charge in [-0.2, -0.15) is 17.5 Å². The maximum Gasteiger partial charge on any atom is 0.262 e. The van der Waals surface area contributed by atoms with Crippen LogP contribution in [0.4, 0.5) is 0 Å². The van der Waals surface area contributed by atoms with E-state index in [1.165, 1.54) is 456 Å². The molecule has 15 rings (SSSR count). The fourth-order valence-electron chi connectivity index (χ4n) is 23.0. The van der Waals surface area contributed by atoms with Gasteiger partial charge in [-0.25, -0.2) is 0 Å². The molecule has 0 saturated carbocycles. The SMILES string of the molecule is CCCCCCCCCCCCc1c2cc(-c3ccc(-c4c5c(c(-c6ccc(-c7cc8c(CCCCCCCCCCCC)c9sc(-c%10c(OCCCCCCCC)c(OCCCCCCCC)c(-c%11ccccc%11)c%11nsnc%10%11)cc9c(CCCCCCCCCCCC)c8s7)s6)c6nsnc46)C(=O)N(CCCCCCCCCCCC)C5=O)s3)sc2c(CCCCCCCCCCCC)c2cc(-c3ccccc3)sc12. The van der Waals surface area contributed by atoms with Gasteiger partial charge in [0.15, 0.2) is 11.5 Å². The van der Waals surface area contributed by atoms with Gasteiger partial charge < -0.3 is 9.47 Å². The molecule has 147 heavy (non-hydrogen) atoms. The number of fused-ring (bicyclic) bond motifs is 7. The van der Waals surface area contributed by atoms with Crippen LogP contribution in [0.2, 0.25) is 0 Å². The summed E-state index contributed by atoms with van der Waals surface area (Å²) in [5.41, 5.74) is 16.0. The van der Waals surface area contributed by atoms with E-state index in [0.29, 0.717) is 41.9 Å². The number of aryl methyl sites for hydroxylation is 4. The normalized spacial score (nSPS) is 12.4. The second kappa shape index (κ2) is 62.9. The lowest BCUT2D eigenvalue weighted by atomic mass is 9.93. The summed E-state index contributed by atoms with van der Waals surface area (Å²) < 4.78 is 41.8. The number of amides is 2. The summed E-state index contributed by atoms with van der Waals surface area (Å²) in [7, 11) is 0. The molecular formula is C130H177N5O4S8. The Hall–Kier alpha value is -7.06. The van der Waals surface area contributed by atoms with Crippen LogP contribution in [0.3, 0.4) is 0 Å². The van der Waals surface area contributed by atoms with Gasteiger partial charge in [0.05, 0.1) is 58.9 Å². The molecule has 2 amide bonds. The Morgan fingerprint density at radius 2 is 0.476 bits per heavy atom. The van der Waals surface area contributed by atoms with Crippen LogP contribution in [0.5, 0.6) is 11.5 Å². The van der Waals surface area contributed by atoms with Crippen LogP contribution in [0.15, 0.2) is 109 Å². The van der Waals surface area contributed by atoms with Crippen LogP contribution < -0.4 is 9.47 Å². The van der Waals surface area contributed by atoms with Gasteiger partial charge in [-0.3, -0.25) is 14.5 Å². The molecule has 0 unspecified atom stereocenters. The molecule has 0 radical (unpaired) electrons. The molecule has 794 valence electrons. The highest BCUT2D eigenvalue weighted by molar-refractivity contribution is 7.29. The third-order valence-corrected chi connectivity index (χ3v) is 40.0. The van der Waals surface area contributed by atoms with Crippen molar-refractivity contribution in [3.05, 3.63) is 143 Å². The van der Waals surface area contributed by atoms with E-state index in [9.17, 15) is 0 Å². The molecule has 14 aromatic rings. The number of ether oxygens (including phenoxy) is 2. The van der Waals surface area contributed by atoms with Gasteiger partial charge in [-0.1, -0.05) is 462 Å². The zero-order valence-corrected chi connectivity index (χ0v) is 97.8. The van der Waals surface area contributed by atoms with Gasteiger partial charge >= 0.3 is 0 Å². The summed E-state index contributed by atoms with van der Waals surface area (Å²) in [5, 5.41) is 5.64. The summed E-state index contributed by atoms with van der Waals surface area (Å²) in [5.74, 6) is 1.23. The van der Waals surface area contributed by atoms with Crippen molar-refractivity contribution in [3.63, 3.8) is 0 Å². The number of nitrogens with zero attached hydrogens (tertiary/aromatic N) is 5. The molecule has 0 atom stereocenters. The van der Waals surface area contributed by atoms with Gasteiger partial charge in [0.1, 0.15) is 22.1 Å². The maximum atomic E-state index is 16.3. The Balaban J connectivity index is 0.833.